The number of hydrogen-bond donors (Lipinski definition) is 1. The minimum Gasteiger partial charge on any atom is -0.329 e. The lowest BCUT2D eigenvalue weighted by molar-refractivity contribution is 0.0706. The highest BCUT2D eigenvalue weighted by molar-refractivity contribution is 7.99. The van der Waals surface area contributed by atoms with E-state index in [-0.39, 0.29) is 0 Å². The van der Waals surface area contributed by atoms with Crippen LogP contribution in [-0.2, 0) is 0 Å². The lowest BCUT2D eigenvalue weighted by atomic mass is 9.89. The van der Waals surface area contributed by atoms with Crippen LogP contribution in [0, 0.1) is 5.92 Å². The maximum atomic E-state index is 6.15. The molecule has 2 N–H and O–H groups in total. The van der Waals surface area contributed by atoms with Gasteiger partial charge in [0.15, 0.2) is 0 Å². The van der Waals surface area contributed by atoms with Crippen LogP contribution in [0.2, 0.25) is 0 Å². The smallest absolute Gasteiger partial charge is 0.0350 e. The standard InChI is InChI=1S/C13H24N2S/c14-10-13(5-7-16-8-6-13)15(12-3-4-12)9-11-1-2-11/h11-12H,1-10,14H2. The molecule has 0 radical (unpaired) electrons. The predicted octanol–water partition coefficient (Wildman–Crippen LogP) is 2.09. The number of rotatable bonds is 5. The van der Waals surface area contributed by atoms with Crippen molar-refractivity contribution in [2.75, 3.05) is 24.6 Å². The van der Waals surface area contributed by atoms with Crippen LogP contribution >= 0.6 is 11.8 Å². The molecule has 3 fully saturated rings. The fraction of sp³-hybridized carbons (Fsp3) is 1.00. The van der Waals surface area contributed by atoms with Crippen LogP contribution in [0.4, 0.5) is 0 Å². The Morgan fingerprint density at radius 3 is 2.31 bits per heavy atom. The van der Waals surface area contributed by atoms with Crippen molar-refractivity contribution in [3.63, 3.8) is 0 Å². The summed E-state index contributed by atoms with van der Waals surface area (Å²) in [6, 6.07) is 0.896. The number of nitrogens with zero attached hydrogens (tertiary/aromatic N) is 1. The maximum Gasteiger partial charge on any atom is 0.0350 e. The fourth-order valence-corrected chi connectivity index (χ4v) is 4.31. The average molecular weight is 240 g/mol. The minimum absolute atomic E-state index is 0.384. The molecule has 16 heavy (non-hydrogen) atoms. The zero-order valence-corrected chi connectivity index (χ0v) is 11.0. The highest BCUT2D eigenvalue weighted by Crippen LogP contribution is 2.42. The molecule has 1 heterocycles. The van der Waals surface area contributed by atoms with Gasteiger partial charge in [-0.3, -0.25) is 4.90 Å². The summed E-state index contributed by atoms with van der Waals surface area (Å²) in [4.78, 5) is 2.84. The zero-order valence-electron chi connectivity index (χ0n) is 10.2. The van der Waals surface area contributed by atoms with E-state index in [1.807, 2.05) is 0 Å². The van der Waals surface area contributed by atoms with Gasteiger partial charge in [0.2, 0.25) is 0 Å². The second-order valence-corrected chi connectivity index (χ2v) is 7.09. The molecule has 0 atom stereocenters. The molecule has 3 heteroatoms. The number of thioether (sulfide) groups is 1. The summed E-state index contributed by atoms with van der Waals surface area (Å²) in [5.41, 5.74) is 6.53. The normalized spacial score (nSPS) is 29.6. The van der Waals surface area contributed by atoms with Crippen LogP contribution in [0.3, 0.4) is 0 Å². The van der Waals surface area contributed by atoms with Crippen molar-refractivity contribution in [3.05, 3.63) is 0 Å². The highest BCUT2D eigenvalue weighted by atomic mass is 32.2. The molecule has 1 aliphatic heterocycles. The van der Waals surface area contributed by atoms with E-state index in [1.165, 1.54) is 56.6 Å². The van der Waals surface area contributed by atoms with Gasteiger partial charge in [-0.2, -0.15) is 11.8 Å². The SMILES string of the molecule is NCC1(N(CC2CC2)C2CC2)CCSCC1. The molecule has 3 aliphatic rings. The molecule has 2 aliphatic carbocycles. The van der Waals surface area contributed by atoms with E-state index in [0.717, 1.165) is 18.5 Å². The van der Waals surface area contributed by atoms with Gasteiger partial charge in [0.05, 0.1) is 0 Å². The Morgan fingerprint density at radius 2 is 1.81 bits per heavy atom. The van der Waals surface area contributed by atoms with Gasteiger partial charge in [0.25, 0.3) is 0 Å². The van der Waals surface area contributed by atoms with Gasteiger partial charge in [0, 0.05) is 24.7 Å². The molecule has 3 rings (SSSR count). The first-order chi connectivity index (χ1) is 7.84. The Kier molecular flexibility index (Phi) is 3.20. The van der Waals surface area contributed by atoms with Crippen molar-refractivity contribution in [3.8, 4) is 0 Å². The van der Waals surface area contributed by atoms with Crippen molar-refractivity contribution in [1.29, 1.82) is 0 Å². The lowest BCUT2D eigenvalue weighted by Gasteiger charge is -2.46. The third kappa shape index (κ3) is 2.27. The van der Waals surface area contributed by atoms with Gasteiger partial charge in [0.1, 0.15) is 0 Å². The zero-order chi connectivity index (χ0) is 11.0. The van der Waals surface area contributed by atoms with E-state index in [2.05, 4.69) is 16.7 Å². The van der Waals surface area contributed by atoms with Crippen molar-refractivity contribution >= 4 is 11.8 Å². The van der Waals surface area contributed by atoms with Crippen molar-refractivity contribution < 1.29 is 0 Å². The first-order valence-corrected chi connectivity index (χ1v) is 8.04. The topological polar surface area (TPSA) is 29.3 Å². The van der Waals surface area contributed by atoms with Gasteiger partial charge in [-0.15, -0.1) is 0 Å². The summed E-state index contributed by atoms with van der Waals surface area (Å²) in [5.74, 6) is 3.66. The minimum atomic E-state index is 0.384. The summed E-state index contributed by atoms with van der Waals surface area (Å²) >= 11 is 2.11. The van der Waals surface area contributed by atoms with Crippen LogP contribution < -0.4 is 5.73 Å². The first kappa shape index (κ1) is 11.4. The molecular formula is C13H24N2S. The van der Waals surface area contributed by atoms with Gasteiger partial charge in [-0.05, 0) is 55.9 Å². The molecule has 0 spiro atoms. The van der Waals surface area contributed by atoms with Gasteiger partial charge < -0.3 is 5.73 Å². The van der Waals surface area contributed by atoms with Crippen molar-refractivity contribution in [1.82, 2.24) is 4.90 Å². The van der Waals surface area contributed by atoms with E-state index < -0.39 is 0 Å². The van der Waals surface area contributed by atoms with Crippen LogP contribution in [0.25, 0.3) is 0 Å². The Morgan fingerprint density at radius 1 is 1.12 bits per heavy atom. The van der Waals surface area contributed by atoms with Gasteiger partial charge in [-0.1, -0.05) is 0 Å². The molecule has 0 aromatic carbocycles. The monoisotopic (exact) mass is 240 g/mol. The highest BCUT2D eigenvalue weighted by Gasteiger charge is 2.45. The molecule has 0 aromatic rings. The Balaban J connectivity index is 1.72. The van der Waals surface area contributed by atoms with E-state index in [1.54, 1.807) is 0 Å². The van der Waals surface area contributed by atoms with E-state index >= 15 is 0 Å². The lowest BCUT2D eigenvalue weighted by Crippen LogP contribution is -2.57. The Hall–Kier alpha value is 0.270. The maximum absolute atomic E-state index is 6.15. The molecule has 0 amide bonds. The number of hydrogen-bond acceptors (Lipinski definition) is 3. The van der Waals surface area contributed by atoms with Crippen LogP contribution in [0.1, 0.15) is 38.5 Å². The second-order valence-electron chi connectivity index (χ2n) is 5.87. The molecule has 0 unspecified atom stereocenters. The van der Waals surface area contributed by atoms with Crippen LogP contribution in [-0.4, -0.2) is 41.1 Å². The molecule has 1 saturated heterocycles. The largest absolute Gasteiger partial charge is 0.329 e. The quantitative estimate of drug-likeness (QED) is 0.798. The van der Waals surface area contributed by atoms with E-state index in [4.69, 9.17) is 5.73 Å². The fourth-order valence-electron chi connectivity index (χ4n) is 3.05. The van der Waals surface area contributed by atoms with E-state index in [0.29, 0.717) is 5.54 Å². The molecule has 2 saturated carbocycles. The van der Waals surface area contributed by atoms with Gasteiger partial charge in [-0.25, -0.2) is 0 Å². The summed E-state index contributed by atoms with van der Waals surface area (Å²) in [7, 11) is 0. The molecular weight excluding hydrogens is 216 g/mol. The molecule has 0 bridgehead atoms. The first-order valence-electron chi connectivity index (χ1n) is 6.89. The molecule has 92 valence electrons. The average Bonchev–Trinajstić information content (AvgIpc) is 3.17. The van der Waals surface area contributed by atoms with Crippen molar-refractivity contribution in [2.24, 2.45) is 11.7 Å². The van der Waals surface area contributed by atoms with Gasteiger partial charge >= 0.3 is 0 Å². The molecule has 2 nitrogen and oxygen atoms in total. The molecule has 0 aromatic heterocycles. The Bertz CT molecular complexity index is 242. The number of nitrogens with two attached hydrogens (primary N) is 1. The summed E-state index contributed by atoms with van der Waals surface area (Å²) in [5, 5.41) is 0. The predicted molar refractivity (Wildman–Crippen MR) is 70.8 cm³/mol. The summed E-state index contributed by atoms with van der Waals surface area (Å²) in [6.45, 7) is 2.24. The summed E-state index contributed by atoms with van der Waals surface area (Å²) < 4.78 is 0. The second kappa shape index (κ2) is 4.51. The van der Waals surface area contributed by atoms with Crippen molar-refractivity contribution in [2.45, 2.75) is 50.1 Å². The Labute approximate surface area is 103 Å². The van der Waals surface area contributed by atoms with E-state index in [9.17, 15) is 0 Å². The third-order valence-electron chi connectivity index (χ3n) is 4.55. The summed E-state index contributed by atoms with van der Waals surface area (Å²) in [6.07, 6.45) is 8.47. The van der Waals surface area contributed by atoms with Crippen LogP contribution in [0.5, 0.6) is 0 Å². The van der Waals surface area contributed by atoms with Crippen LogP contribution in [0.15, 0.2) is 0 Å². The third-order valence-corrected chi connectivity index (χ3v) is 5.54.